The second-order valence-corrected chi connectivity index (χ2v) is 7.25. The fourth-order valence-corrected chi connectivity index (χ4v) is 3.29. The van der Waals surface area contributed by atoms with Crippen LogP contribution >= 0.6 is 0 Å². The van der Waals surface area contributed by atoms with Crippen LogP contribution in [0.3, 0.4) is 0 Å². The molecule has 2 heterocycles. The Morgan fingerprint density at radius 3 is 2.62 bits per heavy atom. The molecule has 1 N–H and O–H groups in total. The molecule has 2 aliphatic heterocycles. The first kappa shape index (κ1) is 18.9. The van der Waals surface area contributed by atoms with Gasteiger partial charge >= 0.3 is 0 Å². The molecule has 7 nitrogen and oxygen atoms in total. The summed E-state index contributed by atoms with van der Waals surface area (Å²) in [5.74, 6) is 1.80. The van der Waals surface area contributed by atoms with Gasteiger partial charge in [-0.1, -0.05) is 6.07 Å². The van der Waals surface area contributed by atoms with E-state index in [4.69, 9.17) is 9.47 Å². The molecule has 0 bridgehead atoms. The van der Waals surface area contributed by atoms with Crippen molar-refractivity contribution in [2.75, 3.05) is 66.7 Å². The van der Waals surface area contributed by atoms with Crippen molar-refractivity contribution in [1.29, 1.82) is 0 Å². The van der Waals surface area contributed by atoms with Crippen LogP contribution in [0.5, 0.6) is 11.5 Å². The van der Waals surface area contributed by atoms with Crippen molar-refractivity contribution in [3.05, 3.63) is 23.8 Å². The molecule has 0 aliphatic carbocycles. The molecule has 26 heavy (non-hydrogen) atoms. The maximum atomic E-state index is 12.0. The Kier molecular flexibility index (Phi) is 6.71. The number of benzene rings is 1. The highest BCUT2D eigenvalue weighted by molar-refractivity contribution is 5.77. The zero-order valence-electron chi connectivity index (χ0n) is 15.9. The third-order valence-corrected chi connectivity index (χ3v) is 4.78. The van der Waals surface area contributed by atoms with Gasteiger partial charge in [-0.05, 0) is 44.8 Å². The Morgan fingerprint density at radius 1 is 1.12 bits per heavy atom. The number of fused-ring (bicyclic) bond motifs is 1. The summed E-state index contributed by atoms with van der Waals surface area (Å²) in [4.78, 5) is 18.8. The predicted octanol–water partition coefficient (Wildman–Crippen LogP) is 0.601. The number of carbonyl (C=O) groups excluding carboxylic acids is 1. The summed E-state index contributed by atoms with van der Waals surface area (Å²) in [7, 11) is 4.09. The van der Waals surface area contributed by atoms with Gasteiger partial charge < -0.3 is 19.7 Å². The van der Waals surface area contributed by atoms with E-state index in [0.717, 1.165) is 63.7 Å². The third-order valence-electron chi connectivity index (χ3n) is 4.78. The highest BCUT2D eigenvalue weighted by Crippen LogP contribution is 2.32. The first-order valence-corrected chi connectivity index (χ1v) is 9.35. The second kappa shape index (κ2) is 9.21. The summed E-state index contributed by atoms with van der Waals surface area (Å²) in [6, 6.07) is 6.14. The lowest BCUT2D eigenvalue weighted by Gasteiger charge is -2.34. The Hall–Kier alpha value is -1.83. The quantitative estimate of drug-likeness (QED) is 0.684. The van der Waals surface area contributed by atoms with Crippen molar-refractivity contribution in [2.45, 2.75) is 13.0 Å². The molecule has 0 unspecified atom stereocenters. The molecule has 1 amide bonds. The minimum Gasteiger partial charge on any atom is -0.454 e. The summed E-state index contributed by atoms with van der Waals surface area (Å²) in [6.45, 7) is 7.27. The number of nitrogens with one attached hydrogen (secondary N) is 1. The van der Waals surface area contributed by atoms with Crippen LogP contribution < -0.4 is 14.8 Å². The topological polar surface area (TPSA) is 57.3 Å². The number of ether oxygens (including phenoxy) is 2. The van der Waals surface area contributed by atoms with Crippen LogP contribution in [0.1, 0.15) is 12.0 Å². The molecule has 1 fully saturated rings. The van der Waals surface area contributed by atoms with Crippen molar-refractivity contribution in [3.63, 3.8) is 0 Å². The average molecular weight is 362 g/mol. The van der Waals surface area contributed by atoms with Crippen LogP contribution in [0.2, 0.25) is 0 Å². The number of nitrogens with zero attached hydrogens (tertiary/aromatic N) is 3. The molecule has 1 saturated heterocycles. The lowest BCUT2D eigenvalue weighted by atomic mass is 10.1. The van der Waals surface area contributed by atoms with Gasteiger partial charge in [0.05, 0.1) is 6.54 Å². The minimum atomic E-state index is 0.132. The summed E-state index contributed by atoms with van der Waals surface area (Å²) in [5.41, 5.74) is 1.24. The third kappa shape index (κ3) is 5.59. The summed E-state index contributed by atoms with van der Waals surface area (Å²) in [5, 5.41) is 3.01. The van der Waals surface area contributed by atoms with Crippen molar-refractivity contribution in [2.24, 2.45) is 0 Å². The lowest BCUT2D eigenvalue weighted by molar-refractivity contribution is -0.122. The van der Waals surface area contributed by atoms with E-state index < -0.39 is 0 Å². The van der Waals surface area contributed by atoms with Crippen LogP contribution in [-0.2, 0) is 11.3 Å². The smallest absolute Gasteiger partial charge is 0.234 e. The SMILES string of the molecule is CN(C)CCCNC(=O)CN1CCN(Cc2ccc3c(c2)OCO3)CC1. The van der Waals surface area contributed by atoms with Gasteiger partial charge in [0, 0.05) is 39.3 Å². The molecular weight excluding hydrogens is 332 g/mol. The number of hydrogen-bond donors (Lipinski definition) is 1. The highest BCUT2D eigenvalue weighted by atomic mass is 16.7. The fraction of sp³-hybridized carbons (Fsp3) is 0.632. The molecule has 1 aromatic rings. The van der Waals surface area contributed by atoms with Crippen LogP contribution in [0.25, 0.3) is 0 Å². The van der Waals surface area contributed by atoms with E-state index in [1.807, 2.05) is 20.2 Å². The lowest BCUT2D eigenvalue weighted by Crippen LogP contribution is -2.49. The fourth-order valence-electron chi connectivity index (χ4n) is 3.29. The first-order valence-electron chi connectivity index (χ1n) is 9.35. The molecule has 0 aromatic heterocycles. The Morgan fingerprint density at radius 2 is 1.85 bits per heavy atom. The van der Waals surface area contributed by atoms with Gasteiger partial charge in [0.2, 0.25) is 12.7 Å². The summed E-state index contributed by atoms with van der Waals surface area (Å²) in [6.07, 6.45) is 0.988. The summed E-state index contributed by atoms with van der Waals surface area (Å²) >= 11 is 0. The van der Waals surface area contributed by atoms with Crippen molar-refractivity contribution in [1.82, 2.24) is 20.0 Å². The van der Waals surface area contributed by atoms with E-state index in [1.54, 1.807) is 0 Å². The molecular formula is C19H30N4O3. The number of piperazine rings is 1. The molecule has 7 heteroatoms. The first-order chi connectivity index (χ1) is 12.6. The predicted molar refractivity (Wildman–Crippen MR) is 100 cm³/mol. The average Bonchev–Trinajstić information content (AvgIpc) is 3.08. The van der Waals surface area contributed by atoms with E-state index in [-0.39, 0.29) is 5.91 Å². The van der Waals surface area contributed by atoms with E-state index in [9.17, 15) is 4.79 Å². The van der Waals surface area contributed by atoms with E-state index in [0.29, 0.717) is 13.3 Å². The maximum absolute atomic E-state index is 12.0. The molecule has 3 rings (SSSR count). The van der Waals surface area contributed by atoms with Gasteiger partial charge in [-0.2, -0.15) is 0 Å². The van der Waals surface area contributed by atoms with Gasteiger partial charge in [-0.25, -0.2) is 0 Å². The van der Waals surface area contributed by atoms with Crippen molar-refractivity contribution >= 4 is 5.91 Å². The van der Waals surface area contributed by atoms with E-state index in [2.05, 4.69) is 32.1 Å². The second-order valence-electron chi connectivity index (χ2n) is 7.25. The number of rotatable bonds is 8. The van der Waals surface area contributed by atoms with Gasteiger partial charge in [0.15, 0.2) is 11.5 Å². The van der Waals surface area contributed by atoms with Gasteiger partial charge in [0.1, 0.15) is 0 Å². The Bertz CT molecular complexity index is 600. The normalized spacial score (nSPS) is 17.7. The van der Waals surface area contributed by atoms with Crippen molar-refractivity contribution < 1.29 is 14.3 Å². The molecule has 2 aliphatic rings. The molecule has 0 spiro atoms. The minimum absolute atomic E-state index is 0.132. The highest BCUT2D eigenvalue weighted by Gasteiger charge is 2.20. The monoisotopic (exact) mass is 362 g/mol. The standard InChI is InChI=1S/C19H30N4O3/c1-21(2)7-3-6-20-19(24)14-23-10-8-22(9-11-23)13-16-4-5-17-18(12-16)26-15-25-17/h4-5,12H,3,6-11,13-15H2,1-2H3,(H,20,24). The largest absolute Gasteiger partial charge is 0.454 e. The van der Waals surface area contributed by atoms with Gasteiger partial charge in [-0.3, -0.25) is 14.6 Å². The zero-order valence-corrected chi connectivity index (χ0v) is 15.9. The van der Waals surface area contributed by atoms with Gasteiger partial charge in [0.25, 0.3) is 0 Å². The van der Waals surface area contributed by atoms with Crippen LogP contribution in [0, 0.1) is 0 Å². The molecule has 0 radical (unpaired) electrons. The van der Waals surface area contributed by atoms with Crippen LogP contribution in [0.4, 0.5) is 0 Å². The maximum Gasteiger partial charge on any atom is 0.234 e. The number of hydrogen-bond acceptors (Lipinski definition) is 6. The summed E-state index contributed by atoms with van der Waals surface area (Å²) < 4.78 is 10.8. The van der Waals surface area contributed by atoms with Crippen LogP contribution in [-0.4, -0.2) is 87.3 Å². The number of amides is 1. The number of carbonyl (C=O) groups is 1. The molecule has 0 atom stereocenters. The molecule has 1 aromatic carbocycles. The van der Waals surface area contributed by atoms with E-state index in [1.165, 1.54) is 5.56 Å². The van der Waals surface area contributed by atoms with Gasteiger partial charge in [-0.15, -0.1) is 0 Å². The Labute approximate surface area is 155 Å². The van der Waals surface area contributed by atoms with Crippen molar-refractivity contribution in [3.8, 4) is 11.5 Å². The van der Waals surface area contributed by atoms with E-state index >= 15 is 0 Å². The molecule has 0 saturated carbocycles. The van der Waals surface area contributed by atoms with Crippen LogP contribution in [0.15, 0.2) is 18.2 Å². The Balaban J connectivity index is 1.34. The zero-order chi connectivity index (χ0) is 18.4. The molecule has 144 valence electrons.